The van der Waals surface area contributed by atoms with E-state index >= 15 is 0 Å². The Balaban J connectivity index is 2.62. The van der Waals surface area contributed by atoms with Gasteiger partial charge in [-0.05, 0) is 31.5 Å². The van der Waals surface area contributed by atoms with Crippen LogP contribution < -0.4 is 10.6 Å². The summed E-state index contributed by atoms with van der Waals surface area (Å²) >= 11 is 0. The fraction of sp³-hybridized carbons (Fsp3) is 0.562. The van der Waals surface area contributed by atoms with Gasteiger partial charge >= 0.3 is 0 Å². The lowest BCUT2D eigenvalue weighted by Crippen LogP contribution is -2.39. The Morgan fingerprint density at radius 2 is 2.09 bits per heavy atom. The summed E-state index contributed by atoms with van der Waals surface area (Å²) in [6.07, 6.45) is 0. The number of aliphatic imine (C=N–C) groups is 1. The van der Waals surface area contributed by atoms with Crippen molar-refractivity contribution in [2.45, 2.75) is 27.0 Å². The van der Waals surface area contributed by atoms with E-state index in [1.165, 1.54) is 6.07 Å². The van der Waals surface area contributed by atoms with Crippen LogP contribution in [0.5, 0.6) is 0 Å². The van der Waals surface area contributed by atoms with E-state index in [1.807, 2.05) is 13.8 Å². The highest BCUT2D eigenvalue weighted by Crippen LogP contribution is 2.12. The molecule has 0 fully saturated rings. The monoisotopic (exact) mass is 311 g/mol. The summed E-state index contributed by atoms with van der Waals surface area (Å²) in [5.74, 6) is 0.469. The molecule has 0 atom stereocenters. The van der Waals surface area contributed by atoms with E-state index in [0.717, 1.165) is 18.1 Å². The smallest absolute Gasteiger partial charge is 0.191 e. The maximum absolute atomic E-state index is 13.6. The largest absolute Gasteiger partial charge is 0.380 e. The molecule has 0 unspecified atom stereocenters. The van der Waals surface area contributed by atoms with Gasteiger partial charge in [0.05, 0.1) is 19.8 Å². The second-order valence-electron chi connectivity index (χ2n) is 4.68. The number of nitrogens with one attached hydrogen (secondary N) is 2. The molecule has 0 heterocycles. The third-order valence-electron chi connectivity index (χ3n) is 2.92. The van der Waals surface area contributed by atoms with Gasteiger partial charge in [0.2, 0.25) is 0 Å². The van der Waals surface area contributed by atoms with E-state index in [4.69, 9.17) is 9.47 Å². The first-order valence-corrected chi connectivity index (χ1v) is 7.57. The number of methoxy groups -OCH3 is 1. The van der Waals surface area contributed by atoms with Crippen molar-refractivity contribution >= 4 is 5.96 Å². The molecule has 0 amide bonds. The Labute approximate surface area is 131 Å². The van der Waals surface area contributed by atoms with Crippen molar-refractivity contribution in [3.8, 4) is 0 Å². The molecule has 124 valence electrons. The summed E-state index contributed by atoms with van der Waals surface area (Å²) in [5.41, 5.74) is 1.49. The Hall–Kier alpha value is -1.66. The molecule has 0 aliphatic rings. The molecule has 2 N–H and O–H groups in total. The van der Waals surface area contributed by atoms with E-state index in [0.29, 0.717) is 31.9 Å². The quantitative estimate of drug-likeness (QED) is 0.416. The van der Waals surface area contributed by atoms with E-state index in [-0.39, 0.29) is 12.4 Å². The summed E-state index contributed by atoms with van der Waals surface area (Å²) in [6.45, 7) is 7.51. The van der Waals surface area contributed by atoms with E-state index in [1.54, 1.807) is 19.2 Å². The Morgan fingerprint density at radius 1 is 1.27 bits per heavy atom. The Bertz CT molecular complexity index is 467. The highest BCUT2D eigenvalue weighted by Gasteiger charge is 2.04. The molecule has 0 saturated carbocycles. The molecule has 0 aliphatic heterocycles. The van der Waals surface area contributed by atoms with Gasteiger partial charge in [0, 0.05) is 32.4 Å². The molecule has 0 bridgehead atoms. The normalized spacial score (nSPS) is 11.5. The summed E-state index contributed by atoms with van der Waals surface area (Å²) in [5, 5.41) is 6.36. The van der Waals surface area contributed by atoms with Crippen molar-refractivity contribution in [1.82, 2.24) is 10.6 Å². The zero-order chi connectivity index (χ0) is 16.2. The fourth-order valence-corrected chi connectivity index (χ4v) is 1.89. The predicted molar refractivity (Wildman–Crippen MR) is 86.4 cm³/mol. The minimum absolute atomic E-state index is 0.253. The molecule has 0 radical (unpaired) electrons. The average Bonchev–Trinajstić information content (AvgIpc) is 2.52. The molecule has 22 heavy (non-hydrogen) atoms. The number of benzene rings is 1. The minimum atomic E-state index is -0.253. The maximum atomic E-state index is 13.6. The van der Waals surface area contributed by atoms with Gasteiger partial charge in [0.25, 0.3) is 0 Å². The molecular weight excluding hydrogens is 285 g/mol. The number of nitrogens with zero attached hydrogens (tertiary/aromatic N) is 1. The van der Waals surface area contributed by atoms with Crippen LogP contribution in [0, 0.1) is 5.82 Å². The van der Waals surface area contributed by atoms with Crippen LogP contribution in [0.4, 0.5) is 4.39 Å². The molecule has 0 spiro atoms. The first-order chi connectivity index (χ1) is 10.7. The molecule has 0 saturated heterocycles. The van der Waals surface area contributed by atoms with Crippen molar-refractivity contribution in [2.75, 3.05) is 33.4 Å². The van der Waals surface area contributed by atoms with Crippen molar-refractivity contribution in [1.29, 1.82) is 0 Å². The molecule has 0 aliphatic carbocycles. The van der Waals surface area contributed by atoms with Crippen LogP contribution in [-0.2, 0) is 22.6 Å². The summed E-state index contributed by atoms with van der Waals surface area (Å²) in [4.78, 5) is 4.49. The van der Waals surface area contributed by atoms with Crippen LogP contribution >= 0.6 is 0 Å². The molecule has 1 rings (SSSR count). The third-order valence-corrected chi connectivity index (χ3v) is 2.92. The number of guanidine groups is 1. The molecule has 1 aromatic rings. The van der Waals surface area contributed by atoms with Crippen LogP contribution in [0.2, 0.25) is 0 Å². The van der Waals surface area contributed by atoms with Crippen molar-refractivity contribution in [3.05, 3.63) is 35.1 Å². The average molecular weight is 311 g/mol. The van der Waals surface area contributed by atoms with Crippen LogP contribution in [0.15, 0.2) is 23.2 Å². The van der Waals surface area contributed by atoms with Gasteiger partial charge in [-0.3, -0.25) is 0 Å². The molecule has 5 nitrogen and oxygen atoms in total. The standard InChI is InChI=1S/C16H26FN3O2/c1-4-18-16(19-8-9-22-5-2)20-11-13-6-7-15(17)14(10-13)12-21-3/h6-7,10H,4-5,8-9,11-12H2,1-3H3,(H2,18,19,20). The molecule has 6 heteroatoms. The highest BCUT2D eigenvalue weighted by atomic mass is 19.1. The summed E-state index contributed by atoms with van der Waals surface area (Å²) in [7, 11) is 1.55. The van der Waals surface area contributed by atoms with E-state index < -0.39 is 0 Å². The lowest BCUT2D eigenvalue weighted by Gasteiger charge is -2.11. The number of hydrogen-bond donors (Lipinski definition) is 2. The third kappa shape index (κ3) is 6.87. The van der Waals surface area contributed by atoms with Gasteiger partial charge in [0.15, 0.2) is 5.96 Å². The highest BCUT2D eigenvalue weighted by molar-refractivity contribution is 5.79. The Morgan fingerprint density at radius 3 is 2.77 bits per heavy atom. The van der Waals surface area contributed by atoms with Crippen molar-refractivity contribution in [3.63, 3.8) is 0 Å². The van der Waals surface area contributed by atoms with Gasteiger partial charge < -0.3 is 20.1 Å². The summed E-state index contributed by atoms with van der Waals surface area (Å²) < 4.78 is 23.8. The molecule has 0 aromatic heterocycles. The number of ether oxygens (including phenoxy) is 2. The van der Waals surface area contributed by atoms with Crippen molar-refractivity contribution < 1.29 is 13.9 Å². The first-order valence-electron chi connectivity index (χ1n) is 7.57. The zero-order valence-electron chi connectivity index (χ0n) is 13.6. The van der Waals surface area contributed by atoms with Gasteiger partial charge in [-0.25, -0.2) is 9.38 Å². The minimum Gasteiger partial charge on any atom is -0.380 e. The lowest BCUT2D eigenvalue weighted by atomic mass is 10.1. The van der Waals surface area contributed by atoms with Gasteiger partial charge in [-0.2, -0.15) is 0 Å². The van der Waals surface area contributed by atoms with Crippen molar-refractivity contribution in [2.24, 2.45) is 4.99 Å². The second-order valence-corrected chi connectivity index (χ2v) is 4.68. The van der Waals surface area contributed by atoms with Gasteiger partial charge in [-0.15, -0.1) is 0 Å². The number of halogens is 1. The zero-order valence-corrected chi connectivity index (χ0v) is 13.6. The van der Waals surface area contributed by atoms with Crippen LogP contribution in [-0.4, -0.2) is 39.4 Å². The maximum Gasteiger partial charge on any atom is 0.191 e. The number of rotatable bonds is 9. The molecule has 1 aromatic carbocycles. The Kier molecular flexibility index (Phi) is 9.18. The van der Waals surface area contributed by atoms with Gasteiger partial charge in [-0.1, -0.05) is 6.07 Å². The molecular formula is C16H26FN3O2. The van der Waals surface area contributed by atoms with Crippen LogP contribution in [0.25, 0.3) is 0 Å². The van der Waals surface area contributed by atoms with Gasteiger partial charge in [0.1, 0.15) is 5.82 Å². The number of hydrogen-bond acceptors (Lipinski definition) is 3. The summed E-state index contributed by atoms with van der Waals surface area (Å²) in [6, 6.07) is 4.97. The fourth-order valence-electron chi connectivity index (χ4n) is 1.89. The predicted octanol–water partition coefficient (Wildman–Crippen LogP) is 2.06. The second kappa shape index (κ2) is 11.0. The topological polar surface area (TPSA) is 54.9 Å². The lowest BCUT2D eigenvalue weighted by molar-refractivity contribution is 0.152. The first kappa shape index (κ1) is 18.4. The van der Waals surface area contributed by atoms with E-state index in [2.05, 4.69) is 15.6 Å². The SMILES string of the molecule is CCNC(=NCc1ccc(F)c(COC)c1)NCCOCC. The van der Waals surface area contributed by atoms with Crippen LogP contribution in [0.3, 0.4) is 0 Å². The van der Waals surface area contributed by atoms with E-state index in [9.17, 15) is 4.39 Å². The van der Waals surface area contributed by atoms with Crippen LogP contribution in [0.1, 0.15) is 25.0 Å².